The number of thiazole rings is 1. The van der Waals surface area contributed by atoms with Crippen LogP contribution in [0.3, 0.4) is 0 Å². The number of alkyl halides is 3. The third-order valence-corrected chi connectivity index (χ3v) is 6.46. The largest absolute Gasteiger partial charge is 0.433 e. The highest BCUT2D eigenvalue weighted by Crippen LogP contribution is 2.32. The molecule has 0 saturated heterocycles. The molecule has 0 spiro atoms. The minimum Gasteiger partial charge on any atom is -0.348 e. The zero-order valence-corrected chi connectivity index (χ0v) is 18.8. The van der Waals surface area contributed by atoms with Crippen molar-refractivity contribution < 1.29 is 18.0 Å². The number of aryl methyl sites for hydroxylation is 1. The number of carbonyl (C=O) groups is 1. The molecular weight excluding hydrogens is 465 g/mol. The molecule has 0 saturated carbocycles. The topological polar surface area (TPSA) is 75.9 Å². The Kier molecular flexibility index (Phi) is 5.56. The van der Waals surface area contributed by atoms with Crippen LogP contribution < -0.4 is 5.32 Å². The van der Waals surface area contributed by atoms with E-state index in [1.807, 2.05) is 31.3 Å². The van der Waals surface area contributed by atoms with Crippen molar-refractivity contribution in [3.05, 3.63) is 76.9 Å². The molecule has 0 radical (unpaired) electrons. The highest BCUT2D eigenvalue weighted by Gasteiger charge is 2.32. The first-order valence-electron chi connectivity index (χ1n) is 10.4. The number of hydrogen-bond acceptors (Lipinski definition) is 6. The molecule has 1 aromatic carbocycles. The summed E-state index contributed by atoms with van der Waals surface area (Å²) in [6, 6.07) is 10.3. The Morgan fingerprint density at radius 2 is 2.00 bits per heavy atom. The number of nitrogens with zero attached hydrogens (tertiary/aromatic N) is 5. The van der Waals surface area contributed by atoms with Gasteiger partial charge in [-0.25, -0.2) is 15.0 Å². The van der Waals surface area contributed by atoms with Gasteiger partial charge in [0.05, 0.1) is 11.4 Å². The average molecular weight is 485 g/mol. The number of amides is 1. The van der Waals surface area contributed by atoms with Crippen molar-refractivity contribution in [3.63, 3.8) is 0 Å². The van der Waals surface area contributed by atoms with E-state index in [2.05, 4.69) is 24.8 Å². The number of fused-ring (bicyclic) bond motifs is 1. The zero-order chi connectivity index (χ0) is 23.9. The van der Waals surface area contributed by atoms with E-state index in [1.165, 1.54) is 11.3 Å². The Bertz CT molecular complexity index is 1360. The Morgan fingerprint density at radius 1 is 1.15 bits per heavy atom. The number of anilines is 2. The summed E-state index contributed by atoms with van der Waals surface area (Å²) in [5.74, 6) is -0.270. The summed E-state index contributed by atoms with van der Waals surface area (Å²) in [6.07, 6.45) is 0.157. The maximum Gasteiger partial charge on any atom is 0.433 e. The molecule has 5 rings (SSSR count). The van der Waals surface area contributed by atoms with E-state index in [-0.39, 0.29) is 11.9 Å². The molecule has 7 nitrogen and oxygen atoms in total. The van der Waals surface area contributed by atoms with E-state index < -0.39 is 11.9 Å². The molecule has 3 aromatic heterocycles. The van der Waals surface area contributed by atoms with Gasteiger partial charge in [-0.15, -0.1) is 11.3 Å². The number of halogens is 3. The Morgan fingerprint density at radius 3 is 2.82 bits per heavy atom. The van der Waals surface area contributed by atoms with Gasteiger partial charge in [-0.3, -0.25) is 4.79 Å². The molecule has 1 amide bonds. The zero-order valence-electron chi connectivity index (χ0n) is 18.0. The maximum atomic E-state index is 13.0. The van der Waals surface area contributed by atoms with E-state index in [9.17, 15) is 18.0 Å². The molecule has 4 heterocycles. The van der Waals surface area contributed by atoms with Gasteiger partial charge in [-0.2, -0.15) is 13.2 Å². The highest BCUT2D eigenvalue weighted by molar-refractivity contribution is 7.16. The molecule has 34 heavy (non-hydrogen) atoms. The molecule has 0 bridgehead atoms. The molecule has 0 atom stereocenters. The molecular formula is C23H19F3N6OS. The van der Waals surface area contributed by atoms with Crippen LogP contribution >= 0.6 is 11.3 Å². The van der Waals surface area contributed by atoms with Crippen LogP contribution in [0.2, 0.25) is 0 Å². The summed E-state index contributed by atoms with van der Waals surface area (Å²) in [7, 11) is 0. The van der Waals surface area contributed by atoms with Crippen molar-refractivity contribution >= 4 is 28.9 Å². The SMILES string of the molecule is Cc1cc(Nc2nccc(C(F)(F)F)n2)cc(-c2cnc(C(=O)N3CCn4cccc4C3)s2)c1. The average Bonchev–Trinajstić information content (AvgIpc) is 3.47. The summed E-state index contributed by atoms with van der Waals surface area (Å²) < 4.78 is 41.0. The Hall–Kier alpha value is -3.73. The van der Waals surface area contributed by atoms with Crippen LogP contribution in [0.25, 0.3) is 10.4 Å². The number of aromatic nitrogens is 4. The lowest BCUT2D eigenvalue weighted by Gasteiger charge is -2.27. The second-order valence-electron chi connectivity index (χ2n) is 7.93. The van der Waals surface area contributed by atoms with Crippen LogP contribution in [0.5, 0.6) is 0 Å². The minimum absolute atomic E-state index is 0.118. The van der Waals surface area contributed by atoms with E-state index in [0.29, 0.717) is 23.8 Å². The van der Waals surface area contributed by atoms with Crippen molar-refractivity contribution in [3.8, 4) is 10.4 Å². The third kappa shape index (κ3) is 4.51. The Labute approximate surface area is 196 Å². The van der Waals surface area contributed by atoms with Crippen molar-refractivity contribution in [1.29, 1.82) is 0 Å². The van der Waals surface area contributed by atoms with E-state index in [1.54, 1.807) is 23.2 Å². The lowest BCUT2D eigenvalue weighted by molar-refractivity contribution is -0.141. The minimum atomic E-state index is -4.56. The predicted molar refractivity (Wildman–Crippen MR) is 122 cm³/mol. The summed E-state index contributed by atoms with van der Waals surface area (Å²) in [6.45, 7) is 3.77. The smallest absolute Gasteiger partial charge is 0.348 e. The summed E-state index contributed by atoms with van der Waals surface area (Å²) in [4.78, 5) is 27.4. The summed E-state index contributed by atoms with van der Waals surface area (Å²) >= 11 is 1.28. The van der Waals surface area contributed by atoms with Gasteiger partial charge in [0.1, 0.15) is 5.69 Å². The number of benzene rings is 1. The molecule has 1 aliphatic heterocycles. The van der Waals surface area contributed by atoms with Crippen LogP contribution in [0.4, 0.5) is 24.8 Å². The van der Waals surface area contributed by atoms with Crippen LogP contribution in [0.15, 0.2) is 55.0 Å². The molecule has 1 aliphatic rings. The maximum absolute atomic E-state index is 13.0. The molecule has 174 valence electrons. The fraction of sp³-hybridized carbons (Fsp3) is 0.217. The Balaban J connectivity index is 1.36. The van der Waals surface area contributed by atoms with Gasteiger partial charge in [0, 0.05) is 43.1 Å². The molecule has 11 heteroatoms. The predicted octanol–water partition coefficient (Wildman–Crippen LogP) is 5.13. The van der Waals surface area contributed by atoms with Crippen molar-refractivity contribution in [2.24, 2.45) is 0 Å². The first-order valence-corrected chi connectivity index (χ1v) is 11.3. The number of rotatable bonds is 4. The van der Waals surface area contributed by atoms with Gasteiger partial charge in [0.2, 0.25) is 5.95 Å². The quantitative estimate of drug-likeness (QED) is 0.435. The van der Waals surface area contributed by atoms with Crippen LogP contribution in [-0.2, 0) is 19.3 Å². The van der Waals surface area contributed by atoms with Crippen LogP contribution in [-0.4, -0.2) is 36.9 Å². The van der Waals surface area contributed by atoms with Crippen molar-refractivity contribution in [2.45, 2.75) is 26.2 Å². The van der Waals surface area contributed by atoms with Crippen LogP contribution in [0.1, 0.15) is 26.8 Å². The highest BCUT2D eigenvalue weighted by atomic mass is 32.1. The van der Waals surface area contributed by atoms with Gasteiger partial charge < -0.3 is 14.8 Å². The lowest BCUT2D eigenvalue weighted by atomic mass is 10.1. The van der Waals surface area contributed by atoms with Crippen molar-refractivity contribution in [1.82, 2.24) is 24.4 Å². The fourth-order valence-corrected chi connectivity index (χ4v) is 4.70. The molecule has 1 N–H and O–H groups in total. The number of nitrogens with one attached hydrogen (secondary N) is 1. The van der Waals surface area contributed by atoms with E-state index in [4.69, 9.17) is 0 Å². The summed E-state index contributed by atoms with van der Waals surface area (Å²) in [5, 5.41) is 3.24. The standard InChI is InChI=1S/C23H19F3N6OS/c1-14-9-15(11-16(10-14)29-22-27-5-4-19(30-22)23(24,25)26)18-12-28-20(34-18)21(33)32-8-7-31-6-2-3-17(31)13-32/h2-6,9-12H,7-8,13H2,1H3,(H,27,29,30). The molecule has 0 fully saturated rings. The van der Waals surface area contributed by atoms with Crippen molar-refractivity contribution in [2.75, 3.05) is 11.9 Å². The van der Waals surface area contributed by atoms with Gasteiger partial charge in [0.25, 0.3) is 5.91 Å². The third-order valence-electron chi connectivity index (χ3n) is 5.43. The second-order valence-corrected chi connectivity index (χ2v) is 8.96. The van der Waals surface area contributed by atoms with Gasteiger partial charge >= 0.3 is 6.18 Å². The van der Waals surface area contributed by atoms with E-state index >= 15 is 0 Å². The lowest BCUT2D eigenvalue weighted by Crippen LogP contribution is -2.37. The first-order chi connectivity index (χ1) is 16.3. The van der Waals surface area contributed by atoms with Gasteiger partial charge in [-0.05, 0) is 48.4 Å². The first kappa shape index (κ1) is 22.1. The number of hydrogen-bond donors (Lipinski definition) is 1. The monoisotopic (exact) mass is 484 g/mol. The van der Waals surface area contributed by atoms with E-state index in [0.717, 1.165) is 40.5 Å². The van der Waals surface area contributed by atoms with Gasteiger partial charge in [0.15, 0.2) is 5.01 Å². The van der Waals surface area contributed by atoms with Gasteiger partial charge in [-0.1, -0.05) is 6.07 Å². The molecule has 0 unspecified atom stereocenters. The fourth-order valence-electron chi connectivity index (χ4n) is 3.83. The van der Waals surface area contributed by atoms with Crippen LogP contribution in [0, 0.1) is 6.92 Å². The molecule has 4 aromatic rings. The normalized spacial score (nSPS) is 13.6. The number of carbonyl (C=O) groups excluding carboxylic acids is 1. The second kappa shape index (κ2) is 8.56. The summed E-state index contributed by atoms with van der Waals surface area (Å²) in [5.41, 5.74) is 2.27. The molecule has 0 aliphatic carbocycles.